The van der Waals surface area contributed by atoms with E-state index in [9.17, 15) is 24.6 Å². The molecule has 146 valence electrons. The van der Waals surface area contributed by atoms with E-state index in [1.165, 1.54) is 0 Å². The van der Waals surface area contributed by atoms with E-state index >= 15 is 0 Å². The first-order valence-corrected chi connectivity index (χ1v) is 9.57. The Hall–Kier alpha value is -2.01. The van der Waals surface area contributed by atoms with Gasteiger partial charge < -0.3 is 10.2 Å². The topological polar surface area (TPSA) is 91.7 Å². The third kappa shape index (κ3) is 2.92. The fourth-order valence-electron chi connectivity index (χ4n) is 5.59. The van der Waals surface area contributed by atoms with E-state index in [-0.39, 0.29) is 40.6 Å². The van der Waals surface area contributed by atoms with Crippen LogP contribution in [0.15, 0.2) is 35.1 Å². The number of carbonyl (C=O) groups is 3. The van der Waals surface area contributed by atoms with Gasteiger partial charge in [0.25, 0.3) is 0 Å². The maximum Gasteiger partial charge on any atom is 0.226 e. The van der Waals surface area contributed by atoms with Crippen molar-refractivity contribution in [2.24, 2.45) is 22.7 Å². The number of hydrogen-bond acceptors (Lipinski definition) is 5. The van der Waals surface area contributed by atoms with Crippen molar-refractivity contribution in [1.29, 1.82) is 0 Å². The molecule has 5 nitrogen and oxygen atoms in total. The van der Waals surface area contributed by atoms with Crippen LogP contribution in [0.25, 0.3) is 0 Å². The molecule has 3 aliphatic carbocycles. The summed E-state index contributed by atoms with van der Waals surface area (Å²) in [4.78, 5) is 37.2. The molecule has 0 radical (unpaired) electrons. The Labute approximate surface area is 159 Å². The van der Waals surface area contributed by atoms with Crippen LogP contribution in [0.2, 0.25) is 0 Å². The molecule has 2 saturated carbocycles. The zero-order valence-corrected chi connectivity index (χ0v) is 16.3. The Morgan fingerprint density at radius 1 is 1.19 bits per heavy atom. The van der Waals surface area contributed by atoms with Crippen LogP contribution in [0.4, 0.5) is 0 Å². The minimum Gasteiger partial charge on any atom is -0.504 e. The second-order valence-electron chi connectivity index (χ2n) is 9.01. The number of aliphatic hydroxyl groups excluding tert-OH is 2. The highest BCUT2D eigenvalue weighted by Gasteiger charge is 2.56. The quantitative estimate of drug-likeness (QED) is 0.586. The minimum absolute atomic E-state index is 0.0819. The summed E-state index contributed by atoms with van der Waals surface area (Å²) in [6.45, 7) is 9.81. The molecule has 0 bridgehead atoms. The lowest BCUT2D eigenvalue weighted by Gasteiger charge is -2.57. The van der Waals surface area contributed by atoms with Crippen molar-refractivity contribution in [3.8, 4) is 0 Å². The molecule has 27 heavy (non-hydrogen) atoms. The highest BCUT2D eigenvalue weighted by atomic mass is 16.3. The molecular weight excluding hydrogens is 344 g/mol. The molecular formula is C22H28O5. The largest absolute Gasteiger partial charge is 0.504 e. The zero-order valence-electron chi connectivity index (χ0n) is 16.3. The average Bonchev–Trinajstić information content (AvgIpc) is 2.60. The van der Waals surface area contributed by atoms with Crippen molar-refractivity contribution < 1.29 is 24.6 Å². The molecule has 3 rings (SSSR count). The van der Waals surface area contributed by atoms with Crippen LogP contribution in [-0.2, 0) is 14.4 Å². The monoisotopic (exact) mass is 372 g/mol. The van der Waals surface area contributed by atoms with E-state index in [1.807, 2.05) is 13.8 Å². The summed E-state index contributed by atoms with van der Waals surface area (Å²) < 4.78 is 0. The fraction of sp³-hybridized carbons (Fsp3) is 0.591. The fourth-order valence-corrected chi connectivity index (χ4v) is 5.59. The second-order valence-corrected chi connectivity index (χ2v) is 9.01. The number of carbonyl (C=O) groups excluding carboxylic acids is 3. The molecule has 1 unspecified atom stereocenters. The van der Waals surface area contributed by atoms with Crippen LogP contribution in [-0.4, -0.2) is 34.2 Å². The molecule has 2 fully saturated rings. The SMILES string of the molecule is C=C1CCC2C(C)(C)C(=O)CC[C@]2(C)[C@H]1CC1=C(O)C(=O)C(CO)=CC1=O. The van der Waals surface area contributed by atoms with Gasteiger partial charge in [0, 0.05) is 23.0 Å². The van der Waals surface area contributed by atoms with Gasteiger partial charge in [-0.15, -0.1) is 0 Å². The van der Waals surface area contributed by atoms with E-state index in [0.717, 1.165) is 30.9 Å². The molecule has 0 aromatic rings. The van der Waals surface area contributed by atoms with E-state index < -0.39 is 29.3 Å². The van der Waals surface area contributed by atoms with Crippen LogP contribution in [0.3, 0.4) is 0 Å². The van der Waals surface area contributed by atoms with Crippen LogP contribution in [0.1, 0.15) is 52.9 Å². The van der Waals surface area contributed by atoms with Gasteiger partial charge in [0.2, 0.25) is 5.78 Å². The van der Waals surface area contributed by atoms with E-state index in [4.69, 9.17) is 0 Å². The zero-order chi connectivity index (χ0) is 20.1. The normalized spacial score (nSPS) is 33.9. The highest BCUT2D eigenvalue weighted by Crippen LogP contribution is 2.61. The summed E-state index contributed by atoms with van der Waals surface area (Å²) in [6, 6.07) is 0. The van der Waals surface area contributed by atoms with Gasteiger partial charge in [0.1, 0.15) is 5.78 Å². The number of aliphatic hydroxyl groups is 2. The lowest BCUT2D eigenvalue weighted by Crippen LogP contribution is -2.53. The van der Waals surface area contributed by atoms with Gasteiger partial charge in [-0.2, -0.15) is 0 Å². The predicted molar refractivity (Wildman–Crippen MR) is 101 cm³/mol. The first kappa shape index (κ1) is 19.7. The van der Waals surface area contributed by atoms with Crippen molar-refractivity contribution in [3.63, 3.8) is 0 Å². The maximum absolute atomic E-state index is 12.5. The molecule has 3 atom stereocenters. The van der Waals surface area contributed by atoms with Crippen molar-refractivity contribution in [3.05, 3.63) is 35.1 Å². The number of rotatable bonds is 3. The summed E-state index contributed by atoms with van der Waals surface area (Å²) in [5.74, 6) is -1.31. The lowest BCUT2D eigenvalue weighted by molar-refractivity contribution is -0.144. The van der Waals surface area contributed by atoms with Gasteiger partial charge in [-0.05, 0) is 49.0 Å². The van der Waals surface area contributed by atoms with Crippen LogP contribution in [0.5, 0.6) is 0 Å². The van der Waals surface area contributed by atoms with Crippen LogP contribution < -0.4 is 0 Å². The Morgan fingerprint density at radius 2 is 1.85 bits per heavy atom. The molecule has 3 aliphatic rings. The summed E-state index contributed by atoms with van der Waals surface area (Å²) in [7, 11) is 0. The Bertz CT molecular complexity index is 798. The third-order valence-electron chi connectivity index (χ3n) is 7.29. The Kier molecular flexibility index (Phi) is 4.79. The molecule has 0 aromatic carbocycles. The first-order valence-electron chi connectivity index (χ1n) is 9.57. The van der Waals surface area contributed by atoms with Crippen molar-refractivity contribution >= 4 is 17.3 Å². The number of hydrogen-bond donors (Lipinski definition) is 2. The second kappa shape index (κ2) is 6.55. The lowest BCUT2D eigenvalue weighted by atomic mass is 9.46. The average molecular weight is 372 g/mol. The summed E-state index contributed by atoms with van der Waals surface area (Å²) in [6.07, 6.45) is 4.24. The van der Waals surface area contributed by atoms with E-state index in [2.05, 4.69) is 13.5 Å². The van der Waals surface area contributed by atoms with Crippen LogP contribution in [0, 0.1) is 22.7 Å². The summed E-state index contributed by atoms with van der Waals surface area (Å²) in [5.41, 5.74) is 0.372. The van der Waals surface area contributed by atoms with Crippen molar-refractivity contribution in [2.45, 2.75) is 52.9 Å². The number of Topliss-reactive ketones (excluding diaryl/α,β-unsaturated/α-hetero) is 2. The van der Waals surface area contributed by atoms with Gasteiger partial charge in [-0.3, -0.25) is 14.4 Å². The van der Waals surface area contributed by atoms with Gasteiger partial charge in [0.05, 0.1) is 6.61 Å². The smallest absolute Gasteiger partial charge is 0.226 e. The summed E-state index contributed by atoms with van der Waals surface area (Å²) >= 11 is 0. The summed E-state index contributed by atoms with van der Waals surface area (Å²) in [5, 5.41) is 19.5. The molecule has 0 amide bonds. The van der Waals surface area contributed by atoms with E-state index in [0.29, 0.717) is 6.42 Å². The minimum atomic E-state index is -0.686. The molecule has 2 N–H and O–H groups in total. The first-order chi connectivity index (χ1) is 12.5. The Balaban J connectivity index is 1.97. The van der Waals surface area contributed by atoms with Crippen LogP contribution >= 0.6 is 0 Å². The molecule has 0 heterocycles. The van der Waals surface area contributed by atoms with Crippen molar-refractivity contribution in [2.75, 3.05) is 6.61 Å². The van der Waals surface area contributed by atoms with Gasteiger partial charge in [0.15, 0.2) is 11.5 Å². The van der Waals surface area contributed by atoms with E-state index in [1.54, 1.807) is 0 Å². The van der Waals surface area contributed by atoms with Gasteiger partial charge in [-0.1, -0.05) is 32.9 Å². The number of allylic oxidation sites excluding steroid dienone is 4. The molecule has 0 spiro atoms. The van der Waals surface area contributed by atoms with Gasteiger partial charge in [-0.25, -0.2) is 0 Å². The molecule has 5 heteroatoms. The predicted octanol–water partition coefficient (Wildman–Crippen LogP) is 3.24. The number of ketones is 3. The Morgan fingerprint density at radius 3 is 2.48 bits per heavy atom. The molecule has 0 aliphatic heterocycles. The molecule has 0 aromatic heterocycles. The van der Waals surface area contributed by atoms with Crippen molar-refractivity contribution in [1.82, 2.24) is 0 Å². The molecule has 0 saturated heterocycles. The van der Waals surface area contributed by atoms with Gasteiger partial charge >= 0.3 is 0 Å². The number of fused-ring (bicyclic) bond motifs is 1. The maximum atomic E-state index is 12.5. The third-order valence-corrected chi connectivity index (χ3v) is 7.29. The standard InChI is InChI=1S/C22H28O5/c1-12-5-6-17-21(2,3)18(25)7-8-22(17,4)15(12)10-14-16(24)9-13(11-23)19(26)20(14)27/h9,15,17,23,27H,1,5-8,10-11H2,2-4H3/t15-,17?,22+/m0/s1. The highest BCUT2D eigenvalue weighted by molar-refractivity contribution is 6.21.